The molecular formula is C16H14Cl3N3O6S. The van der Waals surface area contributed by atoms with Crippen LogP contribution in [0.3, 0.4) is 0 Å². The van der Waals surface area contributed by atoms with Gasteiger partial charge in [0.25, 0.3) is 5.91 Å². The lowest BCUT2D eigenvalue weighted by atomic mass is 10.2. The number of anilines is 2. The van der Waals surface area contributed by atoms with Crippen LogP contribution in [-0.2, 0) is 19.6 Å². The molecule has 0 aliphatic rings. The normalized spacial score (nSPS) is 11.1. The number of esters is 1. The lowest BCUT2D eigenvalue weighted by molar-refractivity contribution is -0.119. The molecule has 0 spiro atoms. The maximum atomic E-state index is 12.2. The fourth-order valence-electron chi connectivity index (χ4n) is 2.12. The smallest absolute Gasteiger partial charge is 0.342 e. The van der Waals surface area contributed by atoms with Crippen LogP contribution in [0.4, 0.5) is 11.4 Å². The van der Waals surface area contributed by atoms with Crippen molar-refractivity contribution in [2.24, 2.45) is 5.14 Å². The number of rotatable bonds is 6. The molecule has 0 aliphatic heterocycles. The second kappa shape index (κ2) is 9.06. The molecule has 9 nitrogen and oxygen atoms in total. The van der Waals surface area contributed by atoms with Gasteiger partial charge in [-0.3, -0.25) is 4.79 Å². The van der Waals surface area contributed by atoms with Gasteiger partial charge in [-0.05, 0) is 18.2 Å². The largest absolute Gasteiger partial charge is 0.496 e. The van der Waals surface area contributed by atoms with E-state index in [1.807, 2.05) is 0 Å². The second-order valence-corrected chi connectivity index (χ2v) is 8.29. The first-order valence-corrected chi connectivity index (χ1v) is 10.2. The number of primary sulfonamides is 1. The molecule has 0 fully saturated rings. The molecule has 2 aromatic rings. The van der Waals surface area contributed by atoms with Gasteiger partial charge >= 0.3 is 5.97 Å². The van der Waals surface area contributed by atoms with Crippen LogP contribution in [0.5, 0.6) is 5.75 Å². The summed E-state index contributed by atoms with van der Waals surface area (Å²) >= 11 is 17.8. The van der Waals surface area contributed by atoms with Gasteiger partial charge in [0.05, 0.1) is 38.4 Å². The molecule has 2 rings (SSSR count). The van der Waals surface area contributed by atoms with Crippen molar-refractivity contribution in [3.63, 3.8) is 0 Å². The van der Waals surface area contributed by atoms with Gasteiger partial charge in [0.2, 0.25) is 10.0 Å². The monoisotopic (exact) mass is 481 g/mol. The van der Waals surface area contributed by atoms with Crippen molar-refractivity contribution in [1.82, 2.24) is 0 Å². The molecule has 0 bridgehead atoms. The number of nitrogens with one attached hydrogen (secondary N) is 1. The Labute approximate surface area is 180 Å². The molecule has 0 radical (unpaired) electrons. The minimum atomic E-state index is -4.04. The first-order chi connectivity index (χ1) is 13.4. The topological polar surface area (TPSA) is 151 Å². The van der Waals surface area contributed by atoms with E-state index in [4.69, 9.17) is 55.1 Å². The Morgan fingerprint density at radius 3 is 2.17 bits per heavy atom. The number of hydrogen-bond acceptors (Lipinski definition) is 7. The lowest BCUT2D eigenvalue weighted by Gasteiger charge is -2.12. The molecule has 29 heavy (non-hydrogen) atoms. The van der Waals surface area contributed by atoms with Crippen molar-refractivity contribution in [1.29, 1.82) is 0 Å². The minimum Gasteiger partial charge on any atom is -0.496 e. The zero-order valence-corrected chi connectivity index (χ0v) is 17.7. The van der Waals surface area contributed by atoms with Crippen LogP contribution in [0.1, 0.15) is 10.4 Å². The Kier molecular flexibility index (Phi) is 7.20. The van der Waals surface area contributed by atoms with Crippen LogP contribution in [0.25, 0.3) is 0 Å². The summed E-state index contributed by atoms with van der Waals surface area (Å²) in [5, 5.41) is 7.09. The second-order valence-electron chi connectivity index (χ2n) is 5.51. The number of ether oxygens (including phenoxy) is 2. The van der Waals surface area contributed by atoms with Crippen LogP contribution < -0.4 is 20.9 Å². The highest BCUT2D eigenvalue weighted by atomic mass is 35.5. The number of nitrogens with two attached hydrogens (primary N) is 2. The predicted octanol–water partition coefficient (Wildman–Crippen LogP) is 2.68. The molecule has 13 heteroatoms. The Bertz CT molecular complexity index is 1070. The average molecular weight is 483 g/mol. The molecule has 0 aliphatic carbocycles. The standard InChI is InChI=1S/C16H14Cl3N3O6S/c1-27-13-5-12(20)9(17)4-8(13)16(24)28-6-14(23)22-15-10(18)2-7(3-11(15)19)29(21,25)26/h2-5H,6,20H2,1H3,(H,22,23)(H2,21,25,26). The van der Waals surface area contributed by atoms with Gasteiger partial charge in [0, 0.05) is 6.07 Å². The van der Waals surface area contributed by atoms with E-state index in [-0.39, 0.29) is 42.7 Å². The zero-order chi connectivity index (χ0) is 21.9. The van der Waals surface area contributed by atoms with E-state index in [0.29, 0.717) is 0 Å². The molecule has 0 unspecified atom stereocenters. The molecule has 156 valence electrons. The molecule has 0 heterocycles. The number of benzene rings is 2. The number of methoxy groups -OCH3 is 1. The van der Waals surface area contributed by atoms with Gasteiger partial charge < -0.3 is 20.5 Å². The molecule has 5 N–H and O–H groups in total. The maximum Gasteiger partial charge on any atom is 0.342 e. The number of nitrogen functional groups attached to an aromatic ring is 1. The number of halogens is 3. The van der Waals surface area contributed by atoms with Gasteiger partial charge in [0.1, 0.15) is 11.3 Å². The van der Waals surface area contributed by atoms with E-state index < -0.39 is 28.5 Å². The number of sulfonamides is 1. The summed E-state index contributed by atoms with van der Waals surface area (Å²) in [7, 11) is -2.72. The van der Waals surface area contributed by atoms with Crippen molar-refractivity contribution >= 4 is 68.1 Å². The fourth-order valence-corrected chi connectivity index (χ4v) is 3.55. The summed E-state index contributed by atoms with van der Waals surface area (Å²) in [6.45, 7) is -0.701. The molecule has 2 aromatic carbocycles. The third kappa shape index (κ3) is 5.64. The van der Waals surface area contributed by atoms with Crippen molar-refractivity contribution in [3.8, 4) is 5.75 Å². The van der Waals surface area contributed by atoms with Crippen molar-refractivity contribution in [2.75, 3.05) is 24.8 Å². The maximum absolute atomic E-state index is 12.2. The van der Waals surface area contributed by atoms with E-state index in [9.17, 15) is 18.0 Å². The van der Waals surface area contributed by atoms with Crippen molar-refractivity contribution < 1.29 is 27.5 Å². The van der Waals surface area contributed by atoms with Gasteiger partial charge in [-0.25, -0.2) is 18.4 Å². The summed E-state index contributed by atoms with van der Waals surface area (Å²) < 4.78 is 32.7. The number of amides is 1. The van der Waals surface area contributed by atoms with Gasteiger partial charge in [-0.15, -0.1) is 0 Å². The quantitative estimate of drug-likeness (QED) is 0.423. The highest BCUT2D eigenvalue weighted by molar-refractivity contribution is 7.89. The Balaban J connectivity index is 2.11. The summed E-state index contributed by atoms with van der Waals surface area (Å²) in [5.41, 5.74) is 5.73. The first kappa shape index (κ1) is 23.0. The Morgan fingerprint density at radius 2 is 1.66 bits per heavy atom. The summed E-state index contributed by atoms with van der Waals surface area (Å²) in [6, 6.07) is 4.62. The van der Waals surface area contributed by atoms with Crippen LogP contribution in [0, 0.1) is 0 Å². The van der Waals surface area contributed by atoms with Crippen LogP contribution in [0.2, 0.25) is 15.1 Å². The van der Waals surface area contributed by atoms with Crippen LogP contribution in [0.15, 0.2) is 29.2 Å². The van der Waals surface area contributed by atoms with Gasteiger partial charge in [0.15, 0.2) is 6.61 Å². The number of hydrogen-bond donors (Lipinski definition) is 3. The minimum absolute atomic E-state index is 0.0342. The number of carbonyl (C=O) groups excluding carboxylic acids is 2. The zero-order valence-electron chi connectivity index (χ0n) is 14.7. The predicted molar refractivity (Wildman–Crippen MR) is 109 cm³/mol. The van der Waals surface area contributed by atoms with Crippen molar-refractivity contribution in [2.45, 2.75) is 4.90 Å². The summed E-state index contributed by atoms with van der Waals surface area (Å²) in [5.74, 6) is -1.56. The first-order valence-electron chi connectivity index (χ1n) is 7.56. The molecule has 0 atom stereocenters. The van der Waals surface area contributed by atoms with E-state index in [1.54, 1.807) is 0 Å². The molecule has 0 saturated carbocycles. The van der Waals surface area contributed by atoms with E-state index >= 15 is 0 Å². The molecule has 0 saturated heterocycles. The summed E-state index contributed by atoms with van der Waals surface area (Å²) in [6.07, 6.45) is 0. The number of carbonyl (C=O) groups is 2. The lowest BCUT2D eigenvalue weighted by Crippen LogP contribution is -2.22. The SMILES string of the molecule is COc1cc(N)c(Cl)cc1C(=O)OCC(=O)Nc1c(Cl)cc(S(N)(=O)=O)cc1Cl. The Morgan fingerprint density at radius 1 is 1.07 bits per heavy atom. The summed E-state index contributed by atoms with van der Waals surface area (Å²) in [4.78, 5) is 24.0. The Hall–Kier alpha value is -2.24. The van der Waals surface area contributed by atoms with Gasteiger partial charge in [-0.2, -0.15) is 0 Å². The van der Waals surface area contributed by atoms with E-state index in [1.165, 1.54) is 19.2 Å². The van der Waals surface area contributed by atoms with E-state index in [0.717, 1.165) is 12.1 Å². The fraction of sp³-hybridized carbons (Fsp3) is 0.125. The van der Waals surface area contributed by atoms with E-state index in [2.05, 4.69) is 5.32 Å². The third-order valence-electron chi connectivity index (χ3n) is 3.48. The third-order valence-corrected chi connectivity index (χ3v) is 5.30. The molecular weight excluding hydrogens is 469 g/mol. The van der Waals surface area contributed by atoms with Crippen molar-refractivity contribution in [3.05, 3.63) is 44.9 Å². The molecule has 0 aromatic heterocycles. The van der Waals surface area contributed by atoms with Gasteiger partial charge in [-0.1, -0.05) is 34.8 Å². The highest BCUT2D eigenvalue weighted by Crippen LogP contribution is 2.33. The average Bonchev–Trinajstić information content (AvgIpc) is 2.63. The van der Waals surface area contributed by atoms with Crippen LogP contribution >= 0.6 is 34.8 Å². The highest BCUT2D eigenvalue weighted by Gasteiger charge is 2.20. The molecule has 1 amide bonds. The van der Waals surface area contributed by atoms with Crippen LogP contribution in [-0.4, -0.2) is 34.0 Å².